The van der Waals surface area contributed by atoms with E-state index < -0.39 is 12.0 Å². The highest BCUT2D eigenvalue weighted by molar-refractivity contribution is 5.79. The normalized spacial score (nSPS) is 11.9. The summed E-state index contributed by atoms with van der Waals surface area (Å²) in [4.78, 5) is 21.6. The Labute approximate surface area is 96.6 Å². The molecule has 0 radical (unpaired) electrons. The molecule has 0 fully saturated rings. The lowest BCUT2D eigenvalue weighted by molar-refractivity contribution is -0.135. The summed E-state index contributed by atoms with van der Waals surface area (Å²) < 4.78 is 0. The van der Waals surface area contributed by atoms with Gasteiger partial charge in [0.2, 0.25) is 0 Å². The van der Waals surface area contributed by atoms with E-state index >= 15 is 0 Å². The van der Waals surface area contributed by atoms with Gasteiger partial charge in [-0.1, -0.05) is 33.1 Å². The number of nitrogens with one attached hydrogen (secondary N) is 2. The van der Waals surface area contributed by atoms with Crippen LogP contribution < -0.4 is 10.6 Å². The highest BCUT2D eigenvalue weighted by Crippen LogP contribution is 2.06. The first kappa shape index (κ1) is 14.7. The summed E-state index contributed by atoms with van der Waals surface area (Å²) in [6, 6.07) is -0.240. The minimum absolute atomic E-state index is 0.152. The van der Waals surface area contributed by atoms with Gasteiger partial charge in [0, 0.05) is 6.04 Å². The van der Waals surface area contributed by atoms with E-state index in [0.717, 1.165) is 32.1 Å². The van der Waals surface area contributed by atoms with Crippen LogP contribution in [0.15, 0.2) is 0 Å². The molecule has 0 aliphatic rings. The molecule has 2 amide bonds. The summed E-state index contributed by atoms with van der Waals surface area (Å²) >= 11 is 0. The molecule has 0 rings (SSSR count). The van der Waals surface area contributed by atoms with Crippen LogP contribution in [0.5, 0.6) is 0 Å². The second-order valence-electron chi connectivity index (χ2n) is 3.85. The lowest BCUT2D eigenvalue weighted by atomic mass is 10.1. The highest BCUT2D eigenvalue weighted by atomic mass is 16.4. The van der Waals surface area contributed by atoms with Crippen molar-refractivity contribution in [2.45, 2.75) is 52.0 Å². The molecule has 0 bridgehead atoms. The van der Waals surface area contributed by atoms with E-state index in [4.69, 9.17) is 5.11 Å². The molecule has 1 unspecified atom stereocenters. The zero-order valence-corrected chi connectivity index (χ0v) is 10.1. The van der Waals surface area contributed by atoms with Crippen LogP contribution >= 0.6 is 0 Å². The summed E-state index contributed by atoms with van der Waals surface area (Å²) in [6.07, 6.45) is 5.06. The molecule has 0 aromatic carbocycles. The van der Waals surface area contributed by atoms with Crippen molar-refractivity contribution in [3.8, 4) is 0 Å². The molecular formula is C11H22N2O3. The van der Waals surface area contributed by atoms with E-state index in [1.54, 1.807) is 0 Å². The Kier molecular flexibility index (Phi) is 8.29. The van der Waals surface area contributed by atoms with Crippen LogP contribution in [0.3, 0.4) is 0 Å². The molecule has 0 saturated carbocycles. The van der Waals surface area contributed by atoms with Crippen LogP contribution in [0.2, 0.25) is 0 Å². The maximum Gasteiger partial charge on any atom is 0.323 e. The second kappa shape index (κ2) is 9.00. The average molecular weight is 230 g/mol. The van der Waals surface area contributed by atoms with Gasteiger partial charge in [-0.05, 0) is 12.8 Å². The third-order valence-electron chi connectivity index (χ3n) is 2.28. The first-order chi connectivity index (χ1) is 7.60. The first-order valence-corrected chi connectivity index (χ1v) is 5.86. The zero-order valence-electron chi connectivity index (χ0n) is 10.1. The van der Waals surface area contributed by atoms with Crippen molar-refractivity contribution in [3.05, 3.63) is 0 Å². The minimum atomic E-state index is -1.03. The predicted octanol–water partition coefficient (Wildman–Crippen LogP) is 1.73. The summed E-state index contributed by atoms with van der Waals surface area (Å²) in [5.41, 5.74) is 0. The molecule has 1 atom stereocenters. The van der Waals surface area contributed by atoms with Crippen molar-refractivity contribution in [1.29, 1.82) is 0 Å². The number of urea groups is 1. The smallest absolute Gasteiger partial charge is 0.323 e. The number of carboxylic acids is 1. The molecule has 0 aliphatic heterocycles. The van der Waals surface area contributed by atoms with E-state index in [9.17, 15) is 9.59 Å². The Bertz CT molecular complexity index is 219. The molecular weight excluding hydrogens is 208 g/mol. The SMILES string of the molecule is CCCCC(CCC)NC(=O)NCC(=O)O. The van der Waals surface area contributed by atoms with Crippen molar-refractivity contribution in [3.63, 3.8) is 0 Å². The number of carbonyl (C=O) groups is 2. The molecule has 5 heteroatoms. The number of carbonyl (C=O) groups excluding carboxylic acids is 1. The van der Waals surface area contributed by atoms with Gasteiger partial charge in [0.1, 0.15) is 6.54 Å². The van der Waals surface area contributed by atoms with Crippen LogP contribution in [0.4, 0.5) is 4.79 Å². The number of hydrogen-bond acceptors (Lipinski definition) is 2. The summed E-state index contributed by atoms with van der Waals surface area (Å²) in [5.74, 6) is -1.03. The highest BCUT2D eigenvalue weighted by Gasteiger charge is 2.11. The van der Waals surface area contributed by atoms with E-state index in [1.807, 2.05) is 0 Å². The van der Waals surface area contributed by atoms with Crippen molar-refractivity contribution in [2.75, 3.05) is 6.54 Å². The van der Waals surface area contributed by atoms with E-state index in [-0.39, 0.29) is 12.6 Å². The molecule has 0 heterocycles. The Hall–Kier alpha value is -1.26. The summed E-state index contributed by atoms with van der Waals surface area (Å²) in [6.45, 7) is 3.84. The molecule has 0 aromatic rings. The molecule has 0 saturated heterocycles. The number of amides is 2. The Morgan fingerprint density at radius 3 is 2.38 bits per heavy atom. The van der Waals surface area contributed by atoms with Crippen LogP contribution in [-0.2, 0) is 4.79 Å². The largest absolute Gasteiger partial charge is 0.480 e. The number of aliphatic carboxylic acids is 1. The predicted molar refractivity (Wildman–Crippen MR) is 62.4 cm³/mol. The van der Waals surface area contributed by atoms with E-state index in [0.29, 0.717) is 0 Å². The van der Waals surface area contributed by atoms with Gasteiger partial charge < -0.3 is 15.7 Å². The van der Waals surface area contributed by atoms with Gasteiger partial charge >= 0.3 is 12.0 Å². The van der Waals surface area contributed by atoms with E-state index in [2.05, 4.69) is 24.5 Å². The fraction of sp³-hybridized carbons (Fsp3) is 0.818. The van der Waals surface area contributed by atoms with Gasteiger partial charge in [0.05, 0.1) is 0 Å². The molecule has 0 spiro atoms. The van der Waals surface area contributed by atoms with Crippen LogP contribution in [0, 0.1) is 0 Å². The van der Waals surface area contributed by atoms with Crippen LogP contribution in [0.25, 0.3) is 0 Å². The van der Waals surface area contributed by atoms with Gasteiger partial charge in [0.25, 0.3) is 0 Å². The van der Waals surface area contributed by atoms with Gasteiger partial charge in [-0.15, -0.1) is 0 Å². The van der Waals surface area contributed by atoms with Crippen LogP contribution in [0.1, 0.15) is 46.0 Å². The average Bonchev–Trinajstić information content (AvgIpc) is 2.23. The Morgan fingerprint density at radius 2 is 1.88 bits per heavy atom. The number of unbranched alkanes of at least 4 members (excludes halogenated alkanes) is 1. The van der Waals surface area contributed by atoms with Gasteiger partial charge in [-0.2, -0.15) is 0 Å². The number of rotatable bonds is 8. The summed E-state index contributed by atoms with van der Waals surface area (Å²) in [7, 11) is 0. The standard InChI is InChI=1S/C11H22N2O3/c1-3-5-7-9(6-4-2)13-11(16)12-8-10(14)15/h9H,3-8H2,1-2H3,(H,14,15)(H2,12,13,16). The lowest BCUT2D eigenvalue weighted by Crippen LogP contribution is -2.43. The minimum Gasteiger partial charge on any atom is -0.480 e. The van der Waals surface area contributed by atoms with Gasteiger partial charge in [-0.25, -0.2) is 4.79 Å². The number of hydrogen-bond donors (Lipinski definition) is 3. The number of carboxylic acid groups (broad SMARTS) is 1. The second-order valence-corrected chi connectivity index (χ2v) is 3.85. The van der Waals surface area contributed by atoms with Crippen molar-refractivity contribution in [1.82, 2.24) is 10.6 Å². The topological polar surface area (TPSA) is 78.4 Å². The van der Waals surface area contributed by atoms with Crippen molar-refractivity contribution in [2.24, 2.45) is 0 Å². The molecule has 94 valence electrons. The Balaban J connectivity index is 3.86. The molecule has 16 heavy (non-hydrogen) atoms. The lowest BCUT2D eigenvalue weighted by Gasteiger charge is -2.17. The maximum atomic E-state index is 11.3. The monoisotopic (exact) mass is 230 g/mol. The third kappa shape index (κ3) is 8.08. The fourth-order valence-electron chi connectivity index (χ4n) is 1.48. The van der Waals surface area contributed by atoms with Gasteiger partial charge in [0.15, 0.2) is 0 Å². The maximum absolute atomic E-state index is 11.3. The van der Waals surface area contributed by atoms with E-state index in [1.165, 1.54) is 0 Å². The fourth-order valence-corrected chi connectivity index (χ4v) is 1.48. The zero-order chi connectivity index (χ0) is 12.4. The third-order valence-corrected chi connectivity index (χ3v) is 2.28. The molecule has 3 N–H and O–H groups in total. The molecule has 5 nitrogen and oxygen atoms in total. The molecule has 0 aromatic heterocycles. The summed E-state index contributed by atoms with van der Waals surface area (Å²) in [5, 5.41) is 13.5. The van der Waals surface area contributed by atoms with Crippen molar-refractivity contribution < 1.29 is 14.7 Å². The van der Waals surface area contributed by atoms with Crippen LogP contribution in [-0.4, -0.2) is 29.7 Å². The first-order valence-electron chi connectivity index (χ1n) is 5.86. The molecule has 0 aliphatic carbocycles. The quantitative estimate of drug-likeness (QED) is 0.594. The van der Waals surface area contributed by atoms with Crippen molar-refractivity contribution >= 4 is 12.0 Å². The van der Waals surface area contributed by atoms with Gasteiger partial charge in [-0.3, -0.25) is 4.79 Å². The Morgan fingerprint density at radius 1 is 1.19 bits per heavy atom.